The number of aliphatic hydroxyl groups is 7. The van der Waals surface area contributed by atoms with Gasteiger partial charge in [0.1, 0.15) is 114 Å². The van der Waals surface area contributed by atoms with Crippen molar-refractivity contribution in [2.24, 2.45) is 23.7 Å². The number of halogens is 8. The molecule has 0 aliphatic carbocycles. The lowest BCUT2D eigenvalue weighted by atomic mass is 9.78. The molecule has 4 aromatic heterocycles. The number of alkyl halides is 4. The highest BCUT2D eigenvalue weighted by atomic mass is 123. The fraction of sp³-hybridized carbons (Fsp3) is 0.430. The molecular formula is C100H123Cl4I4N11O15. The van der Waals surface area contributed by atoms with Crippen LogP contribution in [0.1, 0.15) is 145 Å². The van der Waals surface area contributed by atoms with Crippen LogP contribution in [0, 0.1) is 38.0 Å². The molecule has 0 saturated heterocycles. The van der Waals surface area contributed by atoms with E-state index < -0.39 is 24.4 Å². The molecule has 0 bridgehead atoms. The van der Waals surface area contributed by atoms with E-state index in [-0.39, 0.29) is 87.5 Å². The van der Waals surface area contributed by atoms with Gasteiger partial charge in [-0.1, -0.05) is 172 Å². The summed E-state index contributed by atoms with van der Waals surface area (Å²) in [5.41, 5.74) is 9.99. The predicted octanol–water partition coefficient (Wildman–Crippen LogP) is 18.7. The first kappa shape index (κ1) is 110. The molecule has 0 amide bonds. The quantitative estimate of drug-likeness (QED) is 0.0138. The average Bonchev–Trinajstić information content (AvgIpc) is 1.59. The number of aliphatic hydroxyl groups excluding tert-OH is 7. The number of hydrogen-bond donors (Lipinski definition) is 7. The predicted molar refractivity (Wildman–Crippen MR) is 559 cm³/mol. The van der Waals surface area contributed by atoms with Crippen LogP contribution in [-0.4, -0.2) is 191 Å². The third kappa shape index (κ3) is 34.0. The van der Waals surface area contributed by atoms with Crippen LogP contribution in [0.4, 0.5) is 0 Å². The molecule has 0 saturated carbocycles. The molecule has 34 heteroatoms. The monoisotopic (exact) mass is 2350 g/mol. The van der Waals surface area contributed by atoms with Crippen molar-refractivity contribution in [2.45, 2.75) is 175 Å². The minimum absolute atomic E-state index is 0.124. The molecule has 2 unspecified atom stereocenters. The van der Waals surface area contributed by atoms with E-state index in [2.05, 4.69) is 270 Å². The summed E-state index contributed by atoms with van der Waals surface area (Å²) in [7, 11) is 0. The van der Waals surface area contributed by atoms with Crippen molar-refractivity contribution in [3.63, 3.8) is 0 Å². The van der Waals surface area contributed by atoms with E-state index in [1.807, 2.05) is 120 Å². The van der Waals surface area contributed by atoms with Crippen LogP contribution < -0.4 is 37.9 Å². The van der Waals surface area contributed by atoms with E-state index in [0.717, 1.165) is 59.7 Å². The van der Waals surface area contributed by atoms with Gasteiger partial charge in [-0.25, -0.2) is 19.0 Å². The molecule has 7 N–H and O–H groups in total. The zero-order valence-electron chi connectivity index (χ0n) is 77.5. The second-order valence-electron chi connectivity index (χ2n) is 35.3. The minimum atomic E-state index is -0.750. The minimum Gasteiger partial charge on any atom is -0.492 e. The Balaban J connectivity index is 0.000000201. The number of imidazole rings is 1. The van der Waals surface area contributed by atoms with E-state index >= 15 is 0 Å². The van der Waals surface area contributed by atoms with Crippen LogP contribution in [0.5, 0.6) is 46.0 Å². The summed E-state index contributed by atoms with van der Waals surface area (Å²) in [5.74, 6) is 9.83. The Morgan fingerprint density at radius 1 is 0.313 bits per heavy atom. The van der Waals surface area contributed by atoms with E-state index in [1.165, 1.54) is 41.9 Å². The van der Waals surface area contributed by atoms with Crippen molar-refractivity contribution in [1.82, 2.24) is 54.5 Å². The Labute approximate surface area is 861 Å². The lowest BCUT2D eigenvalue weighted by Crippen LogP contribution is -2.24. The first-order valence-electron chi connectivity index (χ1n) is 44.0. The molecule has 0 spiro atoms. The molecule has 0 radical (unpaired) electrons. The summed E-state index contributed by atoms with van der Waals surface area (Å²) >= 11 is 32.8. The number of rotatable bonds is 47. The molecule has 12 rings (SSSR count). The van der Waals surface area contributed by atoms with Crippen molar-refractivity contribution in [3.8, 4) is 46.0 Å². The van der Waals surface area contributed by atoms with Crippen LogP contribution in [-0.2, 0) is 67.7 Å². The van der Waals surface area contributed by atoms with Gasteiger partial charge in [0.05, 0.1) is 112 Å². The van der Waals surface area contributed by atoms with Crippen LogP contribution in [0.15, 0.2) is 207 Å². The molecule has 8 atom stereocenters. The smallest absolute Gasteiger partial charge is 0.132 e. The van der Waals surface area contributed by atoms with Crippen molar-refractivity contribution < 1.29 is 73.6 Å². The largest absolute Gasteiger partial charge is 0.492 e. The van der Waals surface area contributed by atoms with Gasteiger partial charge in [-0.3, -0.25) is 0 Å². The number of hydrogen-bond acceptors (Lipinski definition) is 22. The summed E-state index contributed by atoms with van der Waals surface area (Å²) in [6.07, 6.45) is 7.13. The number of aromatic nitrogens is 11. The van der Waals surface area contributed by atoms with Crippen molar-refractivity contribution in [2.75, 3.05) is 76.4 Å². The third-order valence-electron chi connectivity index (χ3n) is 22.3. The summed E-state index contributed by atoms with van der Waals surface area (Å²) in [5, 5.41) is 90.9. The van der Waals surface area contributed by atoms with Crippen molar-refractivity contribution in [3.05, 3.63) is 283 Å². The Morgan fingerprint density at radius 3 is 0.731 bits per heavy atom. The number of ether oxygens (including phenoxy) is 8. The SMILES string of the molecule is CC(CCl)COc1ccc(C(C)(C)c2ccc(OCC(O)Cn3ccnc3)cc2)cc1[123I].C[C@@H](CCl)COc1ccc(C(C)(C)c2ccc(OC[C@@H](O)Cn3cc(CO)nn3)cc2)cc1[123I].C[C@@H](CCl)COc1ccc(C(C)(C)c2ccc(OC[C@H](O)Cn3cc(CO)nn3)cc2)cc1[123I].C[C@H](CCl)COc1ccc(C(C)(C)c2ccc(OC[C@@H](O)Cn3cc(CO)nn3)cc2)cc1[123I]. The second-order valence-corrected chi connectivity index (χ2v) is 41.2. The van der Waals surface area contributed by atoms with Gasteiger partial charge in [-0.05, 0) is 232 Å². The first-order valence-corrected chi connectivity index (χ1v) is 50.5. The number of nitrogens with zero attached hydrogens (tertiary/aromatic N) is 11. The van der Waals surface area contributed by atoms with E-state index in [4.69, 9.17) is 99.6 Å². The van der Waals surface area contributed by atoms with Crippen molar-refractivity contribution >= 4 is 137 Å². The van der Waals surface area contributed by atoms with Crippen LogP contribution >= 0.6 is 137 Å². The molecule has 12 aromatic rings. The Bertz CT molecular complexity index is 5090. The molecule has 4 heterocycles. The second kappa shape index (κ2) is 54.2. The number of benzene rings is 8. The molecule has 8 aromatic carbocycles. The van der Waals surface area contributed by atoms with Gasteiger partial charge >= 0.3 is 0 Å². The molecule has 26 nitrogen and oxygen atoms in total. The summed E-state index contributed by atoms with van der Waals surface area (Å²) in [4.78, 5) is 3.98. The Morgan fingerprint density at radius 2 is 0.537 bits per heavy atom. The Hall–Kier alpha value is -7.41. The standard InChI is InChI=1S/3C25H31ClIN3O4.C25H30ClIN2O3/c3*1-17(11-26)15-34-24-9-6-19(10-23(24)27)25(2,3)18-4-7-22(8-5-18)33-16-21(32)13-30-12-20(14-31)28-29-30;1-18(13-26)15-32-24-9-6-20(12-23(24)27)25(2,3)19-4-7-22(8-5-19)31-16-21(30)14-29-11-10-28-17-29/h3*4-10,12,17,21,31-32H,11,13-16H2,1-3H3;4-12,17-18,21,30H,13-16H2,1-3H3/t2*17-,21+;17-,21-;/m100./s1/i4*27-4. The molecule has 134 heavy (non-hydrogen) atoms. The lowest BCUT2D eigenvalue weighted by Gasteiger charge is -2.27. The molecular weight excluding hydrogens is 2230 g/mol. The van der Waals surface area contributed by atoms with Gasteiger partial charge in [0.25, 0.3) is 0 Å². The highest BCUT2D eigenvalue weighted by molar-refractivity contribution is 14.1. The topological polar surface area (TPSA) is 325 Å². The maximum Gasteiger partial charge on any atom is 0.132 e. The molecule has 724 valence electrons. The van der Waals surface area contributed by atoms with E-state index in [1.54, 1.807) is 31.1 Å². The van der Waals surface area contributed by atoms with Crippen molar-refractivity contribution in [1.29, 1.82) is 0 Å². The Kier molecular flexibility index (Phi) is 44.6. The van der Waals surface area contributed by atoms with Crippen LogP contribution in [0.2, 0.25) is 0 Å². The fourth-order valence-electron chi connectivity index (χ4n) is 13.4. The molecule has 0 fully saturated rings. The van der Waals surface area contributed by atoms with Gasteiger partial charge in [0.15, 0.2) is 0 Å². The zero-order valence-corrected chi connectivity index (χ0v) is 89.2. The van der Waals surface area contributed by atoms with Gasteiger partial charge in [0, 0.05) is 81.2 Å². The van der Waals surface area contributed by atoms with Gasteiger partial charge in [0.2, 0.25) is 0 Å². The zero-order chi connectivity index (χ0) is 97.3. The lowest BCUT2D eigenvalue weighted by molar-refractivity contribution is 0.0887. The van der Waals surface area contributed by atoms with Crippen LogP contribution in [0.25, 0.3) is 0 Å². The summed E-state index contributed by atoms with van der Waals surface area (Å²) in [6, 6.07) is 57.1. The normalized spacial score (nSPS) is 13.5. The van der Waals surface area contributed by atoms with Crippen LogP contribution in [0.3, 0.4) is 0 Å². The molecule has 0 aliphatic rings. The van der Waals surface area contributed by atoms with Gasteiger partial charge in [-0.2, -0.15) is 0 Å². The summed E-state index contributed by atoms with van der Waals surface area (Å²) < 4.78 is 57.3. The third-order valence-corrected chi connectivity index (χ3v) is 27.7. The average molecular weight is 2350 g/mol. The highest BCUT2D eigenvalue weighted by Crippen LogP contribution is 2.41. The van der Waals surface area contributed by atoms with Gasteiger partial charge < -0.3 is 78.2 Å². The van der Waals surface area contributed by atoms with E-state index in [0.29, 0.717) is 114 Å². The maximum atomic E-state index is 10.2. The first-order chi connectivity index (χ1) is 64.0. The van der Waals surface area contributed by atoms with Gasteiger partial charge in [-0.15, -0.1) is 61.7 Å². The fourth-order valence-corrected chi connectivity index (χ4v) is 16.5. The maximum absolute atomic E-state index is 10.2. The van der Waals surface area contributed by atoms with E-state index in [9.17, 15) is 20.4 Å². The summed E-state index contributed by atoms with van der Waals surface area (Å²) in [6.45, 7) is 29.4. The highest BCUT2D eigenvalue weighted by Gasteiger charge is 2.30. The molecule has 0 aliphatic heterocycles.